The molecule has 0 aromatic heterocycles. The number of esters is 1. The Bertz CT molecular complexity index is 251. The van der Waals surface area contributed by atoms with E-state index in [4.69, 9.17) is 0 Å². The first-order chi connectivity index (χ1) is 6.11. The summed E-state index contributed by atoms with van der Waals surface area (Å²) in [6, 6.07) is 0. The van der Waals surface area contributed by atoms with Crippen LogP contribution in [-0.2, 0) is 14.4 Å². The van der Waals surface area contributed by atoms with Crippen LogP contribution in [0.2, 0.25) is 0 Å². The van der Waals surface area contributed by atoms with E-state index >= 15 is 0 Å². The van der Waals surface area contributed by atoms with Crippen LogP contribution in [0.25, 0.3) is 0 Å². The van der Waals surface area contributed by atoms with Gasteiger partial charge in [-0.05, 0) is 13.8 Å². The van der Waals surface area contributed by atoms with Crippen molar-refractivity contribution in [3.63, 3.8) is 0 Å². The molecule has 1 rings (SSSR count). The van der Waals surface area contributed by atoms with Crippen molar-refractivity contribution >= 4 is 12.1 Å². The molecule has 0 aromatic rings. The minimum atomic E-state index is -0.449. The summed E-state index contributed by atoms with van der Waals surface area (Å²) < 4.78 is 4.47. The third-order valence-electron chi connectivity index (χ3n) is 0.942. The summed E-state index contributed by atoms with van der Waals surface area (Å²) in [4.78, 5) is 23.9. The van der Waals surface area contributed by atoms with Crippen molar-refractivity contribution in [3.05, 3.63) is 0 Å². The van der Waals surface area contributed by atoms with Gasteiger partial charge >= 0.3 is 12.1 Å². The van der Waals surface area contributed by atoms with E-state index in [2.05, 4.69) is 21.4 Å². The standard InChI is InChI=1S/C6H8O2.C2H3NO2/c1-3-5-6(7)8-4-2;1-3-2(4)5-3/h4H2,1-2H3;1H3. The van der Waals surface area contributed by atoms with Gasteiger partial charge < -0.3 is 9.57 Å². The van der Waals surface area contributed by atoms with E-state index in [0.29, 0.717) is 6.61 Å². The minimum absolute atomic E-state index is 0.245. The van der Waals surface area contributed by atoms with E-state index in [9.17, 15) is 9.59 Å². The Hall–Kier alpha value is -1.70. The van der Waals surface area contributed by atoms with Crippen LogP contribution in [0.1, 0.15) is 13.8 Å². The van der Waals surface area contributed by atoms with Gasteiger partial charge in [0.15, 0.2) is 0 Å². The van der Waals surface area contributed by atoms with Crippen LogP contribution in [0.15, 0.2) is 0 Å². The van der Waals surface area contributed by atoms with Gasteiger partial charge in [-0.2, -0.15) is 0 Å². The number of amides is 1. The van der Waals surface area contributed by atoms with E-state index in [1.165, 1.54) is 0 Å². The highest BCUT2D eigenvalue weighted by Crippen LogP contribution is 2.04. The SMILES string of the molecule is CC#CC(=O)OCC.CN1OC1=O. The first-order valence-electron chi connectivity index (χ1n) is 3.67. The monoisotopic (exact) mass is 185 g/mol. The summed E-state index contributed by atoms with van der Waals surface area (Å²) in [6.07, 6.45) is -0.245. The molecule has 0 unspecified atom stereocenters. The lowest BCUT2D eigenvalue weighted by Gasteiger charge is -1.89. The summed E-state index contributed by atoms with van der Waals surface area (Å²) >= 11 is 0. The second-order valence-electron chi connectivity index (χ2n) is 1.95. The van der Waals surface area contributed by atoms with Gasteiger partial charge in [0.1, 0.15) is 0 Å². The number of ether oxygens (including phenoxy) is 1. The zero-order valence-electron chi connectivity index (χ0n) is 7.79. The van der Waals surface area contributed by atoms with Gasteiger partial charge in [0.25, 0.3) is 0 Å². The van der Waals surface area contributed by atoms with Crippen LogP contribution in [0.4, 0.5) is 4.79 Å². The number of hydrogen-bond acceptors (Lipinski definition) is 4. The molecular weight excluding hydrogens is 174 g/mol. The summed E-state index contributed by atoms with van der Waals surface area (Å²) in [7, 11) is 1.56. The average molecular weight is 185 g/mol. The highest BCUT2D eigenvalue weighted by Gasteiger charge is 2.28. The van der Waals surface area contributed by atoms with Gasteiger partial charge in [-0.3, -0.25) is 0 Å². The Morgan fingerprint density at radius 3 is 2.38 bits per heavy atom. The number of hydrogen-bond donors (Lipinski definition) is 0. The Kier molecular flexibility index (Phi) is 5.12. The molecule has 13 heavy (non-hydrogen) atoms. The molecule has 1 heterocycles. The molecule has 1 amide bonds. The molecule has 0 spiro atoms. The second-order valence-corrected chi connectivity index (χ2v) is 1.95. The number of nitrogens with zero attached hydrogens (tertiary/aromatic N) is 1. The van der Waals surface area contributed by atoms with Crippen LogP contribution in [-0.4, -0.2) is 30.8 Å². The predicted molar refractivity (Wildman–Crippen MR) is 44.3 cm³/mol. The normalized spacial score (nSPS) is 11.3. The third-order valence-corrected chi connectivity index (χ3v) is 0.942. The van der Waals surface area contributed by atoms with Gasteiger partial charge in [-0.25, -0.2) is 9.59 Å². The lowest BCUT2D eigenvalue weighted by atomic mass is 10.6. The van der Waals surface area contributed by atoms with Gasteiger partial charge in [0, 0.05) is 5.92 Å². The zero-order valence-corrected chi connectivity index (χ0v) is 7.79. The van der Waals surface area contributed by atoms with Gasteiger partial charge in [-0.15, -0.1) is 5.06 Å². The molecule has 0 atom stereocenters. The van der Waals surface area contributed by atoms with Crippen molar-refractivity contribution in [2.24, 2.45) is 0 Å². The van der Waals surface area contributed by atoms with E-state index in [0.717, 1.165) is 5.06 Å². The smallest absolute Gasteiger partial charge is 0.456 e. The molecule has 72 valence electrons. The van der Waals surface area contributed by atoms with Crippen LogP contribution >= 0.6 is 0 Å². The number of rotatable bonds is 1. The minimum Gasteiger partial charge on any atom is -0.456 e. The van der Waals surface area contributed by atoms with Crippen molar-refractivity contribution in [1.82, 2.24) is 5.06 Å². The van der Waals surface area contributed by atoms with Crippen LogP contribution in [0.5, 0.6) is 0 Å². The van der Waals surface area contributed by atoms with Crippen molar-refractivity contribution in [2.45, 2.75) is 13.8 Å². The molecule has 0 bridgehead atoms. The molecular formula is C8H11NO4. The Balaban J connectivity index is 0.000000243. The van der Waals surface area contributed by atoms with Gasteiger partial charge in [0.2, 0.25) is 0 Å². The van der Waals surface area contributed by atoms with E-state index in [1.807, 2.05) is 0 Å². The lowest BCUT2D eigenvalue weighted by molar-refractivity contribution is -0.136. The topological polar surface area (TPSA) is 58.9 Å². The fourth-order valence-electron chi connectivity index (χ4n) is 0.366. The van der Waals surface area contributed by atoms with Crippen molar-refractivity contribution < 1.29 is 19.2 Å². The van der Waals surface area contributed by atoms with E-state index in [-0.39, 0.29) is 6.09 Å². The van der Waals surface area contributed by atoms with Crippen molar-refractivity contribution in [1.29, 1.82) is 0 Å². The van der Waals surface area contributed by atoms with Crippen LogP contribution in [0, 0.1) is 11.8 Å². The highest BCUT2D eigenvalue weighted by molar-refractivity contribution is 5.88. The molecule has 5 nitrogen and oxygen atoms in total. The largest absolute Gasteiger partial charge is 0.467 e. The van der Waals surface area contributed by atoms with E-state index in [1.54, 1.807) is 20.9 Å². The van der Waals surface area contributed by atoms with E-state index < -0.39 is 5.97 Å². The van der Waals surface area contributed by atoms with Crippen molar-refractivity contribution in [3.8, 4) is 11.8 Å². The summed E-state index contributed by atoms with van der Waals surface area (Å²) in [5.74, 6) is 4.21. The molecule has 1 saturated heterocycles. The summed E-state index contributed by atoms with van der Waals surface area (Å²) in [5.41, 5.74) is 0. The fourth-order valence-corrected chi connectivity index (χ4v) is 0.366. The third kappa shape index (κ3) is 6.69. The molecule has 0 saturated carbocycles. The fraction of sp³-hybridized carbons (Fsp3) is 0.500. The number of carbonyl (C=O) groups is 2. The van der Waals surface area contributed by atoms with Crippen LogP contribution < -0.4 is 0 Å². The highest BCUT2D eigenvalue weighted by atomic mass is 16.9. The predicted octanol–water partition coefficient (Wildman–Crippen LogP) is 0.556. The first-order valence-corrected chi connectivity index (χ1v) is 3.67. The summed E-state index contributed by atoms with van der Waals surface area (Å²) in [6.45, 7) is 3.74. The summed E-state index contributed by atoms with van der Waals surface area (Å²) in [5, 5.41) is 1.15. The Morgan fingerprint density at radius 1 is 1.69 bits per heavy atom. The van der Waals surface area contributed by atoms with Gasteiger partial charge in [0.05, 0.1) is 13.7 Å². The number of carbonyl (C=O) groups excluding carboxylic acids is 2. The maximum absolute atomic E-state index is 10.2. The maximum Gasteiger partial charge on any atom is 0.467 e. The first kappa shape index (κ1) is 11.3. The van der Waals surface area contributed by atoms with Crippen LogP contribution in [0.3, 0.4) is 0 Å². The molecule has 0 aliphatic carbocycles. The molecule has 0 aromatic carbocycles. The molecule has 1 fully saturated rings. The quantitative estimate of drug-likeness (QED) is 0.259. The molecule has 0 N–H and O–H groups in total. The second kappa shape index (κ2) is 5.89. The molecule has 1 aliphatic heterocycles. The Morgan fingerprint density at radius 2 is 2.15 bits per heavy atom. The Labute approximate surface area is 76.6 Å². The molecule has 5 heteroatoms. The lowest BCUT2D eigenvalue weighted by Crippen LogP contribution is -1.98. The number of hydroxylamine groups is 2. The van der Waals surface area contributed by atoms with Gasteiger partial charge in [-0.1, -0.05) is 5.92 Å². The maximum atomic E-state index is 10.2. The van der Waals surface area contributed by atoms with Crippen molar-refractivity contribution in [2.75, 3.05) is 13.7 Å². The molecule has 0 radical (unpaired) electrons. The average Bonchev–Trinajstić information content (AvgIpc) is 2.67. The molecule has 1 aliphatic rings. The zero-order chi connectivity index (χ0) is 10.3.